The van der Waals surface area contributed by atoms with Crippen LogP contribution in [0, 0.1) is 5.92 Å². The Morgan fingerprint density at radius 3 is 1.21 bits per heavy atom. The van der Waals surface area contributed by atoms with Gasteiger partial charge in [-0.2, -0.15) is 0 Å². The van der Waals surface area contributed by atoms with Gasteiger partial charge in [-0.1, -0.05) is 6.92 Å². The minimum atomic E-state index is -2.00. The van der Waals surface area contributed by atoms with E-state index in [-0.39, 0.29) is 6.10 Å². The molecule has 4 saturated heterocycles. The van der Waals surface area contributed by atoms with Gasteiger partial charge >= 0.3 is 0 Å². The average Bonchev–Trinajstić information content (AvgIpc) is 3.14. The second kappa shape index (κ2) is 18.4. The highest BCUT2D eigenvalue weighted by Gasteiger charge is 2.56. The Morgan fingerprint density at radius 1 is 0.385 bits per heavy atom. The third kappa shape index (κ3) is 8.90. The van der Waals surface area contributed by atoms with Gasteiger partial charge in [-0.3, -0.25) is 0 Å². The minimum Gasteiger partial charge on any atom is -0.394 e. The molecule has 0 radical (unpaired) electrons. The molecule has 5 fully saturated rings. The third-order valence-electron chi connectivity index (χ3n) is 10.5. The van der Waals surface area contributed by atoms with Crippen LogP contribution in [-0.4, -0.2) is 222 Å². The molecule has 4 heterocycles. The van der Waals surface area contributed by atoms with Crippen LogP contribution in [0.15, 0.2) is 0 Å². The van der Waals surface area contributed by atoms with Gasteiger partial charge in [-0.05, 0) is 31.6 Å². The van der Waals surface area contributed by atoms with Crippen LogP contribution >= 0.6 is 0 Å². The summed E-state index contributed by atoms with van der Waals surface area (Å²) in [7, 11) is 0. The van der Waals surface area contributed by atoms with Gasteiger partial charge in [0.2, 0.25) is 0 Å². The zero-order valence-corrected chi connectivity index (χ0v) is 28.4. The van der Waals surface area contributed by atoms with Crippen LogP contribution in [-0.2, 0) is 37.9 Å². The maximum absolute atomic E-state index is 11.3. The molecule has 0 aromatic rings. The molecule has 20 atom stereocenters. The zero-order valence-electron chi connectivity index (χ0n) is 28.4. The quantitative estimate of drug-likeness (QED) is 0.0878. The van der Waals surface area contributed by atoms with E-state index in [4.69, 9.17) is 37.9 Å². The van der Waals surface area contributed by atoms with Crippen molar-refractivity contribution in [2.75, 3.05) is 26.4 Å². The first kappa shape index (κ1) is 42.3. The smallest absolute Gasteiger partial charge is 0.187 e. The molecule has 0 aromatic carbocycles. The Bertz CT molecular complexity index is 1080. The number of hydrogen-bond donors (Lipinski definition) is 13. The summed E-state index contributed by atoms with van der Waals surface area (Å²) in [6.07, 6.45) is -32.4. The van der Waals surface area contributed by atoms with Crippen LogP contribution < -0.4 is 0 Å². The lowest BCUT2D eigenvalue weighted by molar-refractivity contribution is -0.404. The van der Waals surface area contributed by atoms with Crippen molar-refractivity contribution in [3.8, 4) is 0 Å². The van der Waals surface area contributed by atoms with Crippen LogP contribution in [0.5, 0.6) is 0 Å². The zero-order chi connectivity index (χ0) is 38.0. The highest BCUT2D eigenvalue weighted by Crippen LogP contribution is 2.36. The van der Waals surface area contributed by atoms with E-state index in [0.29, 0.717) is 18.8 Å². The van der Waals surface area contributed by atoms with Gasteiger partial charge in [0.1, 0.15) is 97.7 Å². The van der Waals surface area contributed by atoms with Crippen molar-refractivity contribution in [3.05, 3.63) is 0 Å². The van der Waals surface area contributed by atoms with Crippen LogP contribution in [0.25, 0.3) is 0 Å². The fraction of sp³-hybridized carbons (Fsp3) is 1.00. The van der Waals surface area contributed by atoms with Gasteiger partial charge in [-0.25, -0.2) is 0 Å². The van der Waals surface area contributed by atoms with E-state index in [9.17, 15) is 66.4 Å². The first-order valence-corrected chi connectivity index (χ1v) is 17.5. The molecule has 0 aromatic heterocycles. The van der Waals surface area contributed by atoms with Crippen molar-refractivity contribution >= 4 is 0 Å². The number of aliphatic hydroxyl groups is 13. The van der Waals surface area contributed by atoms with Crippen LogP contribution in [0.2, 0.25) is 0 Å². The molecule has 0 amide bonds. The lowest BCUT2D eigenvalue weighted by Crippen LogP contribution is -2.68. The van der Waals surface area contributed by atoms with E-state index in [1.165, 1.54) is 0 Å². The summed E-state index contributed by atoms with van der Waals surface area (Å²) in [6.45, 7) is -1.18. The summed E-state index contributed by atoms with van der Waals surface area (Å²) < 4.78 is 46.0. The number of ether oxygens (including phenoxy) is 8. The summed E-state index contributed by atoms with van der Waals surface area (Å²) in [5.74, 6) is 0.481. The molecule has 8 unspecified atom stereocenters. The molecule has 21 nitrogen and oxygen atoms in total. The summed E-state index contributed by atoms with van der Waals surface area (Å²) in [5, 5.41) is 136. The summed E-state index contributed by atoms with van der Waals surface area (Å²) in [6, 6.07) is 0. The van der Waals surface area contributed by atoms with Crippen molar-refractivity contribution in [1.82, 2.24) is 0 Å². The predicted octanol–water partition coefficient (Wildman–Crippen LogP) is -7.15. The number of aliphatic hydroxyl groups excluding tert-OH is 13. The Morgan fingerprint density at radius 2 is 0.750 bits per heavy atom. The molecule has 0 bridgehead atoms. The van der Waals surface area contributed by atoms with Crippen LogP contribution in [0.3, 0.4) is 0 Å². The lowest BCUT2D eigenvalue weighted by Gasteiger charge is -2.50. The Balaban J connectivity index is 1.40. The van der Waals surface area contributed by atoms with E-state index in [1.807, 2.05) is 0 Å². The number of hydrogen-bond acceptors (Lipinski definition) is 21. The monoisotopic (exact) mass is 762 g/mol. The van der Waals surface area contributed by atoms with Crippen molar-refractivity contribution in [1.29, 1.82) is 0 Å². The maximum atomic E-state index is 11.3. The molecule has 5 rings (SSSR count). The van der Waals surface area contributed by atoms with Crippen molar-refractivity contribution in [3.63, 3.8) is 0 Å². The maximum Gasteiger partial charge on any atom is 0.187 e. The predicted molar refractivity (Wildman–Crippen MR) is 164 cm³/mol. The average molecular weight is 763 g/mol. The molecular weight excluding hydrogens is 708 g/mol. The first-order valence-electron chi connectivity index (χ1n) is 17.5. The first-order chi connectivity index (χ1) is 24.7. The molecular formula is C31H54O21. The van der Waals surface area contributed by atoms with Crippen molar-refractivity contribution in [2.24, 2.45) is 5.92 Å². The standard InChI is InChI=1S/C31H54O21/c1-10-2-4-11(5-3-10)45-29-24(44)25(19(39)15(9-35)47-29)50-30-27(22(42)18(38)13(7-33)48-30)52-31-26(21(41)17(37)14(8-34)49-31)51-28-23(43)20(40)16(36)12(6-32)46-28/h10-44H,2-9H2,1H3/t10?,11?,12-,13-,14-,15?,16+,17+,18+,19+,20?,21?,22?,23?,24+,25?,26?,27?,28+,29+,30+,31+/m0/s1. The normalized spacial score (nSPS) is 52.0. The van der Waals surface area contributed by atoms with Crippen molar-refractivity contribution < 1.29 is 104 Å². The van der Waals surface area contributed by atoms with Crippen LogP contribution in [0.4, 0.5) is 0 Å². The van der Waals surface area contributed by atoms with E-state index < -0.39 is 149 Å². The summed E-state index contributed by atoms with van der Waals surface area (Å²) in [5.41, 5.74) is 0. The van der Waals surface area contributed by atoms with E-state index in [0.717, 1.165) is 12.8 Å². The molecule has 0 spiro atoms. The Kier molecular flexibility index (Phi) is 15.0. The topological polar surface area (TPSA) is 337 Å². The highest BCUT2D eigenvalue weighted by molar-refractivity contribution is 4.98. The molecule has 304 valence electrons. The molecule has 4 aliphatic heterocycles. The SMILES string of the molecule is CC1CCC(O[C@@H]2OC(CO)[C@@H](O)C(O[C@H]3O[C@@H](CO)[C@@H](O)C(O)C3O[C@H]3O[C@@H](CO)[C@@H](O)C(O)C3O[C@H]3O[C@@H](CO)[C@@H](O)C(O)C3O)[C@H]2O)CC1. The highest BCUT2D eigenvalue weighted by atomic mass is 16.8. The van der Waals surface area contributed by atoms with Gasteiger partial charge in [-0.15, -0.1) is 0 Å². The minimum absolute atomic E-state index is 0.311. The van der Waals surface area contributed by atoms with E-state index in [1.54, 1.807) is 0 Å². The van der Waals surface area contributed by atoms with Crippen molar-refractivity contribution in [2.45, 2.75) is 162 Å². The molecule has 52 heavy (non-hydrogen) atoms. The molecule has 21 heteroatoms. The third-order valence-corrected chi connectivity index (χ3v) is 10.5. The summed E-state index contributed by atoms with van der Waals surface area (Å²) >= 11 is 0. The van der Waals surface area contributed by atoms with Gasteiger partial charge < -0.3 is 104 Å². The largest absolute Gasteiger partial charge is 0.394 e. The lowest BCUT2D eigenvalue weighted by atomic mass is 9.89. The second-order valence-electron chi connectivity index (χ2n) is 14.1. The molecule has 1 saturated carbocycles. The van der Waals surface area contributed by atoms with Gasteiger partial charge in [0, 0.05) is 0 Å². The fourth-order valence-corrected chi connectivity index (χ4v) is 7.15. The van der Waals surface area contributed by atoms with Gasteiger partial charge in [0.05, 0.1) is 32.5 Å². The van der Waals surface area contributed by atoms with E-state index in [2.05, 4.69) is 6.92 Å². The molecule has 13 N–H and O–H groups in total. The van der Waals surface area contributed by atoms with Gasteiger partial charge in [0.15, 0.2) is 25.2 Å². The summed E-state index contributed by atoms with van der Waals surface area (Å²) in [4.78, 5) is 0. The molecule has 1 aliphatic carbocycles. The van der Waals surface area contributed by atoms with E-state index >= 15 is 0 Å². The molecule has 5 aliphatic rings. The van der Waals surface area contributed by atoms with Gasteiger partial charge in [0.25, 0.3) is 0 Å². The number of rotatable bonds is 12. The Labute approximate surface area is 298 Å². The Hall–Kier alpha value is -0.840. The fourth-order valence-electron chi connectivity index (χ4n) is 7.15. The van der Waals surface area contributed by atoms with Crippen LogP contribution in [0.1, 0.15) is 32.6 Å². The second-order valence-corrected chi connectivity index (χ2v) is 14.1.